The Morgan fingerprint density at radius 2 is 2.06 bits per heavy atom. The molecule has 0 spiro atoms. The summed E-state index contributed by atoms with van der Waals surface area (Å²) >= 11 is 0. The van der Waals surface area contributed by atoms with E-state index in [1.165, 1.54) is 17.5 Å². The number of hydrogen-bond acceptors (Lipinski definition) is 2. The van der Waals surface area contributed by atoms with Crippen LogP contribution in [0, 0.1) is 16.7 Å². The lowest BCUT2D eigenvalue weighted by atomic mass is 9.94. The van der Waals surface area contributed by atoms with Gasteiger partial charge >= 0.3 is 0 Å². The Morgan fingerprint density at radius 1 is 1.35 bits per heavy atom. The van der Waals surface area contributed by atoms with Gasteiger partial charge in [0.1, 0.15) is 5.41 Å². The molecule has 0 radical (unpaired) electrons. The summed E-state index contributed by atoms with van der Waals surface area (Å²) in [7, 11) is 0. The first kappa shape index (κ1) is 11.7. The van der Waals surface area contributed by atoms with Crippen LogP contribution < -0.4 is 5.32 Å². The molecule has 1 aromatic rings. The predicted molar refractivity (Wildman–Crippen MR) is 66.5 cm³/mol. The zero-order valence-corrected chi connectivity index (χ0v) is 10.2. The van der Waals surface area contributed by atoms with Gasteiger partial charge in [-0.05, 0) is 56.4 Å². The molecule has 1 aliphatic carbocycles. The Hall–Kier alpha value is -1.82. The van der Waals surface area contributed by atoms with E-state index in [4.69, 9.17) is 5.26 Å². The van der Waals surface area contributed by atoms with Crippen molar-refractivity contribution in [1.29, 1.82) is 5.26 Å². The molecule has 3 nitrogen and oxygen atoms in total. The van der Waals surface area contributed by atoms with Crippen LogP contribution in [0.5, 0.6) is 0 Å². The van der Waals surface area contributed by atoms with E-state index in [1.807, 2.05) is 18.2 Å². The Morgan fingerprint density at radius 3 is 2.76 bits per heavy atom. The SMILES string of the molecule is CC(C)(C#N)C(=O)Nc1ccc2c(c1)CCC2. The van der Waals surface area contributed by atoms with Crippen LogP contribution in [0.3, 0.4) is 0 Å². The number of aryl methyl sites for hydroxylation is 2. The predicted octanol–water partition coefficient (Wildman–Crippen LogP) is 2.66. The van der Waals surface area contributed by atoms with E-state index in [0.29, 0.717) is 0 Å². The largest absolute Gasteiger partial charge is 0.325 e. The Bertz CT molecular complexity index is 497. The van der Waals surface area contributed by atoms with Gasteiger partial charge < -0.3 is 5.32 Å². The number of nitrogens with one attached hydrogen (secondary N) is 1. The van der Waals surface area contributed by atoms with E-state index in [1.54, 1.807) is 13.8 Å². The number of hydrogen-bond donors (Lipinski definition) is 1. The minimum absolute atomic E-state index is 0.252. The van der Waals surface area contributed by atoms with E-state index in [-0.39, 0.29) is 5.91 Å². The normalized spacial score (nSPS) is 13.9. The molecule has 0 fully saturated rings. The molecule has 0 unspecified atom stereocenters. The molecule has 0 heterocycles. The summed E-state index contributed by atoms with van der Waals surface area (Å²) in [4.78, 5) is 11.8. The lowest BCUT2D eigenvalue weighted by Gasteiger charge is -2.15. The van der Waals surface area contributed by atoms with E-state index in [0.717, 1.165) is 18.5 Å². The molecular weight excluding hydrogens is 212 g/mol. The molecule has 88 valence electrons. The summed E-state index contributed by atoms with van der Waals surface area (Å²) in [6.45, 7) is 3.24. The van der Waals surface area contributed by atoms with E-state index in [2.05, 4.69) is 11.4 Å². The van der Waals surface area contributed by atoms with Crippen LogP contribution in [0.25, 0.3) is 0 Å². The van der Waals surface area contributed by atoms with E-state index in [9.17, 15) is 4.79 Å². The van der Waals surface area contributed by atoms with Crippen molar-refractivity contribution in [2.75, 3.05) is 5.32 Å². The highest BCUT2D eigenvalue weighted by molar-refractivity contribution is 5.96. The first-order chi connectivity index (χ1) is 8.03. The summed E-state index contributed by atoms with van der Waals surface area (Å²) in [5.41, 5.74) is 2.50. The van der Waals surface area contributed by atoms with Gasteiger partial charge in [0, 0.05) is 5.69 Å². The highest BCUT2D eigenvalue weighted by Crippen LogP contribution is 2.26. The summed E-state index contributed by atoms with van der Waals surface area (Å²) < 4.78 is 0. The third-order valence-corrected chi connectivity index (χ3v) is 3.20. The minimum atomic E-state index is -0.987. The number of rotatable bonds is 2. The molecule has 2 rings (SSSR count). The molecule has 0 saturated heterocycles. The number of fused-ring (bicyclic) bond motifs is 1. The molecule has 1 amide bonds. The van der Waals surface area contributed by atoms with Gasteiger partial charge in [-0.1, -0.05) is 6.07 Å². The van der Waals surface area contributed by atoms with Crippen LogP contribution in [0.2, 0.25) is 0 Å². The zero-order valence-electron chi connectivity index (χ0n) is 10.2. The average molecular weight is 228 g/mol. The van der Waals surface area contributed by atoms with Gasteiger partial charge in [-0.3, -0.25) is 4.79 Å². The van der Waals surface area contributed by atoms with Crippen LogP contribution in [-0.4, -0.2) is 5.91 Å². The van der Waals surface area contributed by atoms with Gasteiger partial charge in [0.25, 0.3) is 0 Å². The number of carbonyl (C=O) groups is 1. The summed E-state index contributed by atoms with van der Waals surface area (Å²) in [5.74, 6) is -0.252. The third-order valence-electron chi connectivity index (χ3n) is 3.20. The van der Waals surface area contributed by atoms with Crippen molar-refractivity contribution >= 4 is 11.6 Å². The molecule has 1 aliphatic rings. The Labute approximate surface area is 101 Å². The van der Waals surface area contributed by atoms with Crippen LogP contribution in [-0.2, 0) is 17.6 Å². The number of benzene rings is 1. The summed E-state index contributed by atoms with van der Waals surface area (Å²) in [5, 5.41) is 11.7. The van der Waals surface area contributed by atoms with Gasteiger partial charge in [0.05, 0.1) is 6.07 Å². The Balaban J connectivity index is 2.15. The molecule has 0 aromatic heterocycles. The van der Waals surface area contributed by atoms with Crippen LogP contribution in [0.1, 0.15) is 31.4 Å². The molecule has 0 bridgehead atoms. The first-order valence-corrected chi connectivity index (χ1v) is 5.87. The van der Waals surface area contributed by atoms with Crippen molar-refractivity contribution in [3.63, 3.8) is 0 Å². The third kappa shape index (κ3) is 2.31. The molecule has 1 N–H and O–H groups in total. The van der Waals surface area contributed by atoms with Crippen LogP contribution in [0.15, 0.2) is 18.2 Å². The number of anilines is 1. The fraction of sp³-hybridized carbons (Fsp3) is 0.429. The Kier molecular flexibility index (Phi) is 2.89. The maximum atomic E-state index is 11.8. The van der Waals surface area contributed by atoms with Gasteiger partial charge in [-0.25, -0.2) is 0 Å². The number of carbonyl (C=O) groups excluding carboxylic acids is 1. The van der Waals surface area contributed by atoms with Crippen molar-refractivity contribution in [3.05, 3.63) is 29.3 Å². The monoisotopic (exact) mass is 228 g/mol. The molecule has 0 aliphatic heterocycles. The lowest BCUT2D eigenvalue weighted by Crippen LogP contribution is -2.29. The maximum Gasteiger partial charge on any atom is 0.244 e. The highest BCUT2D eigenvalue weighted by Gasteiger charge is 2.27. The summed E-state index contributed by atoms with van der Waals surface area (Å²) in [6, 6.07) is 8.00. The van der Waals surface area contributed by atoms with Gasteiger partial charge in [-0.15, -0.1) is 0 Å². The summed E-state index contributed by atoms with van der Waals surface area (Å²) in [6.07, 6.45) is 3.41. The zero-order chi connectivity index (χ0) is 12.5. The van der Waals surface area contributed by atoms with Crippen molar-refractivity contribution < 1.29 is 4.79 Å². The smallest absolute Gasteiger partial charge is 0.244 e. The van der Waals surface area contributed by atoms with Crippen LogP contribution >= 0.6 is 0 Å². The quantitative estimate of drug-likeness (QED) is 0.846. The van der Waals surface area contributed by atoms with E-state index < -0.39 is 5.41 Å². The second kappa shape index (κ2) is 4.21. The molecule has 1 aromatic carbocycles. The fourth-order valence-electron chi connectivity index (χ4n) is 1.99. The maximum absolute atomic E-state index is 11.8. The van der Waals surface area contributed by atoms with Crippen molar-refractivity contribution in [2.45, 2.75) is 33.1 Å². The minimum Gasteiger partial charge on any atom is -0.325 e. The van der Waals surface area contributed by atoms with Crippen LogP contribution in [0.4, 0.5) is 5.69 Å². The fourth-order valence-corrected chi connectivity index (χ4v) is 1.99. The molecule has 3 heteroatoms. The van der Waals surface area contributed by atoms with Crippen molar-refractivity contribution in [1.82, 2.24) is 0 Å². The number of nitriles is 1. The van der Waals surface area contributed by atoms with Gasteiger partial charge in [-0.2, -0.15) is 5.26 Å². The number of amides is 1. The molecule has 0 atom stereocenters. The van der Waals surface area contributed by atoms with Gasteiger partial charge in [0.15, 0.2) is 0 Å². The average Bonchev–Trinajstić information content (AvgIpc) is 2.76. The standard InChI is InChI=1S/C14H16N2O/c1-14(2,9-15)13(17)16-12-7-6-10-4-3-5-11(10)8-12/h6-8H,3-5H2,1-2H3,(H,16,17). The molecular formula is C14H16N2O. The molecule has 0 saturated carbocycles. The van der Waals surface area contributed by atoms with Crippen molar-refractivity contribution in [3.8, 4) is 6.07 Å². The topological polar surface area (TPSA) is 52.9 Å². The lowest BCUT2D eigenvalue weighted by molar-refractivity contribution is -0.121. The van der Waals surface area contributed by atoms with E-state index >= 15 is 0 Å². The van der Waals surface area contributed by atoms with Gasteiger partial charge in [0.2, 0.25) is 5.91 Å². The first-order valence-electron chi connectivity index (χ1n) is 5.87. The second-order valence-electron chi connectivity index (χ2n) is 5.03. The highest BCUT2D eigenvalue weighted by atomic mass is 16.2. The second-order valence-corrected chi connectivity index (χ2v) is 5.03. The van der Waals surface area contributed by atoms with Crippen molar-refractivity contribution in [2.24, 2.45) is 5.41 Å². The number of nitrogens with zero attached hydrogens (tertiary/aromatic N) is 1. The molecule has 17 heavy (non-hydrogen) atoms.